The number of nitrogens with one attached hydrogen (secondary N) is 3. The standard InChI is InChI=1S/C20H32N4O2/c1-4-21-20(22-10-12-26-11-9-15(2)3)23-14-16-13-19(25)24-18-8-6-5-7-17(16)18/h5-8,15-16H,4,9-14H2,1-3H3,(H,24,25)(H2,21,22,23). The second-order valence-corrected chi connectivity index (χ2v) is 6.98. The van der Waals surface area contributed by atoms with Crippen LogP contribution in [0.15, 0.2) is 29.3 Å². The number of carbonyl (C=O) groups excluding carboxylic acids is 1. The van der Waals surface area contributed by atoms with Crippen LogP contribution in [0.25, 0.3) is 0 Å². The van der Waals surface area contributed by atoms with E-state index in [1.165, 1.54) is 0 Å². The van der Waals surface area contributed by atoms with E-state index in [0.29, 0.717) is 32.0 Å². The number of hydrogen-bond donors (Lipinski definition) is 3. The number of guanidine groups is 1. The van der Waals surface area contributed by atoms with Gasteiger partial charge < -0.3 is 20.7 Å². The molecule has 6 nitrogen and oxygen atoms in total. The van der Waals surface area contributed by atoms with E-state index in [4.69, 9.17) is 4.74 Å². The molecule has 1 atom stereocenters. The molecule has 0 bridgehead atoms. The SMILES string of the molecule is CCNC(=NCC1CC(=O)Nc2ccccc21)NCCOCCC(C)C. The van der Waals surface area contributed by atoms with Gasteiger partial charge in [0.05, 0.1) is 13.2 Å². The van der Waals surface area contributed by atoms with Gasteiger partial charge in [0.25, 0.3) is 0 Å². The molecule has 26 heavy (non-hydrogen) atoms. The van der Waals surface area contributed by atoms with Crippen LogP contribution >= 0.6 is 0 Å². The fraction of sp³-hybridized carbons (Fsp3) is 0.600. The number of rotatable bonds is 9. The van der Waals surface area contributed by atoms with Crippen molar-refractivity contribution in [3.05, 3.63) is 29.8 Å². The van der Waals surface area contributed by atoms with Crippen molar-refractivity contribution in [1.29, 1.82) is 0 Å². The Morgan fingerprint density at radius 3 is 2.88 bits per heavy atom. The molecule has 1 heterocycles. The van der Waals surface area contributed by atoms with E-state index in [0.717, 1.165) is 36.8 Å². The number of carbonyl (C=O) groups is 1. The third-order valence-electron chi connectivity index (χ3n) is 4.30. The van der Waals surface area contributed by atoms with Crippen molar-refractivity contribution in [3.8, 4) is 0 Å². The van der Waals surface area contributed by atoms with Gasteiger partial charge in [0.1, 0.15) is 0 Å². The van der Waals surface area contributed by atoms with Gasteiger partial charge in [0, 0.05) is 37.7 Å². The summed E-state index contributed by atoms with van der Waals surface area (Å²) in [7, 11) is 0. The first kappa shape index (κ1) is 20.2. The first-order valence-corrected chi connectivity index (χ1v) is 9.58. The Kier molecular flexibility index (Phi) is 8.41. The van der Waals surface area contributed by atoms with Crippen LogP contribution in [0, 0.1) is 5.92 Å². The number of benzene rings is 1. The van der Waals surface area contributed by atoms with Gasteiger partial charge in [-0.2, -0.15) is 0 Å². The van der Waals surface area contributed by atoms with Gasteiger partial charge in [-0.05, 0) is 30.9 Å². The van der Waals surface area contributed by atoms with Crippen LogP contribution in [0.5, 0.6) is 0 Å². The van der Waals surface area contributed by atoms with E-state index in [9.17, 15) is 4.79 Å². The molecule has 1 aromatic rings. The van der Waals surface area contributed by atoms with E-state index in [1.807, 2.05) is 25.1 Å². The summed E-state index contributed by atoms with van der Waals surface area (Å²) < 4.78 is 5.63. The van der Waals surface area contributed by atoms with Crippen LogP contribution in [0.2, 0.25) is 0 Å². The highest BCUT2D eigenvalue weighted by Gasteiger charge is 2.24. The molecule has 0 saturated heterocycles. The van der Waals surface area contributed by atoms with Crippen molar-refractivity contribution in [2.45, 2.75) is 39.5 Å². The molecule has 144 valence electrons. The molecule has 1 unspecified atom stereocenters. The second kappa shape index (κ2) is 10.8. The molecule has 0 fully saturated rings. The number of hydrogen-bond acceptors (Lipinski definition) is 3. The Labute approximate surface area is 156 Å². The quantitative estimate of drug-likeness (QED) is 0.360. The number of ether oxygens (including phenoxy) is 1. The number of fused-ring (bicyclic) bond motifs is 1. The number of nitrogens with zero attached hydrogens (tertiary/aromatic N) is 1. The average Bonchev–Trinajstić information content (AvgIpc) is 2.61. The minimum absolute atomic E-state index is 0.0559. The maximum atomic E-state index is 11.9. The monoisotopic (exact) mass is 360 g/mol. The summed E-state index contributed by atoms with van der Waals surface area (Å²) >= 11 is 0. The van der Waals surface area contributed by atoms with E-state index in [2.05, 4.69) is 40.9 Å². The largest absolute Gasteiger partial charge is 0.380 e. The molecule has 0 radical (unpaired) electrons. The van der Waals surface area contributed by atoms with Crippen LogP contribution in [0.3, 0.4) is 0 Å². The van der Waals surface area contributed by atoms with Gasteiger partial charge in [-0.25, -0.2) is 0 Å². The number of anilines is 1. The minimum atomic E-state index is 0.0559. The van der Waals surface area contributed by atoms with Crippen molar-refractivity contribution in [2.24, 2.45) is 10.9 Å². The van der Waals surface area contributed by atoms with Gasteiger partial charge >= 0.3 is 0 Å². The molecule has 1 amide bonds. The number of aliphatic imine (C=N–C) groups is 1. The van der Waals surface area contributed by atoms with E-state index in [1.54, 1.807) is 0 Å². The summed E-state index contributed by atoms with van der Waals surface area (Å²) in [5.74, 6) is 1.60. The zero-order chi connectivity index (χ0) is 18.8. The molecule has 2 rings (SSSR count). The first-order chi connectivity index (χ1) is 12.6. The van der Waals surface area contributed by atoms with Crippen LogP contribution in [0.4, 0.5) is 5.69 Å². The molecule has 6 heteroatoms. The lowest BCUT2D eigenvalue weighted by Crippen LogP contribution is -2.39. The van der Waals surface area contributed by atoms with Crippen molar-refractivity contribution < 1.29 is 9.53 Å². The van der Waals surface area contributed by atoms with Gasteiger partial charge in [-0.3, -0.25) is 9.79 Å². The lowest BCUT2D eigenvalue weighted by molar-refractivity contribution is -0.116. The molecular formula is C20H32N4O2. The maximum Gasteiger partial charge on any atom is 0.225 e. The van der Waals surface area contributed by atoms with E-state index in [-0.39, 0.29) is 11.8 Å². The summed E-state index contributed by atoms with van der Waals surface area (Å²) in [6, 6.07) is 7.96. The molecule has 1 aliphatic heterocycles. The average molecular weight is 361 g/mol. The lowest BCUT2D eigenvalue weighted by atomic mass is 9.91. The molecule has 0 aliphatic carbocycles. The number of para-hydroxylation sites is 1. The fourth-order valence-corrected chi connectivity index (χ4v) is 2.87. The molecule has 3 N–H and O–H groups in total. The fourth-order valence-electron chi connectivity index (χ4n) is 2.87. The molecule has 1 aromatic carbocycles. The Morgan fingerprint density at radius 1 is 1.31 bits per heavy atom. The predicted octanol–water partition coefficient (Wildman–Crippen LogP) is 2.73. The van der Waals surface area contributed by atoms with Gasteiger partial charge in [-0.15, -0.1) is 0 Å². The highest BCUT2D eigenvalue weighted by Crippen LogP contribution is 2.31. The molecule has 1 aliphatic rings. The van der Waals surface area contributed by atoms with Crippen LogP contribution in [-0.2, 0) is 9.53 Å². The summed E-state index contributed by atoms with van der Waals surface area (Å²) in [5, 5.41) is 9.48. The summed E-state index contributed by atoms with van der Waals surface area (Å²) in [4.78, 5) is 16.6. The predicted molar refractivity (Wildman–Crippen MR) is 107 cm³/mol. The van der Waals surface area contributed by atoms with Crippen LogP contribution in [0.1, 0.15) is 45.1 Å². The third kappa shape index (κ3) is 6.67. The number of amides is 1. The summed E-state index contributed by atoms with van der Waals surface area (Å²) in [6.07, 6.45) is 1.55. The summed E-state index contributed by atoms with van der Waals surface area (Å²) in [6.45, 7) is 9.97. The van der Waals surface area contributed by atoms with Crippen molar-refractivity contribution in [2.75, 3.05) is 38.2 Å². The smallest absolute Gasteiger partial charge is 0.225 e. The Hall–Kier alpha value is -2.08. The van der Waals surface area contributed by atoms with Gasteiger partial charge in [0.2, 0.25) is 5.91 Å². The van der Waals surface area contributed by atoms with Crippen molar-refractivity contribution >= 4 is 17.6 Å². The minimum Gasteiger partial charge on any atom is -0.380 e. The van der Waals surface area contributed by atoms with Gasteiger partial charge in [-0.1, -0.05) is 32.0 Å². The summed E-state index contributed by atoms with van der Waals surface area (Å²) in [5.41, 5.74) is 2.06. The maximum absolute atomic E-state index is 11.9. The van der Waals surface area contributed by atoms with Gasteiger partial charge in [0.15, 0.2) is 5.96 Å². The third-order valence-corrected chi connectivity index (χ3v) is 4.30. The molecule has 0 saturated carbocycles. The highest BCUT2D eigenvalue weighted by atomic mass is 16.5. The molecular weight excluding hydrogens is 328 g/mol. The molecule has 0 aromatic heterocycles. The zero-order valence-corrected chi connectivity index (χ0v) is 16.2. The second-order valence-electron chi connectivity index (χ2n) is 6.98. The lowest BCUT2D eigenvalue weighted by Gasteiger charge is -2.24. The highest BCUT2D eigenvalue weighted by molar-refractivity contribution is 5.94. The first-order valence-electron chi connectivity index (χ1n) is 9.58. The van der Waals surface area contributed by atoms with Crippen LogP contribution < -0.4 is 16.0 Å². The van der Waals surface area contributed by atoms with E-state index < -0.39 is 0 Å². The van der Waals surface area contributed by atoms with Crippen molar-refractivity contribution in [3.63, 3.8) is 0 Å². The van der Waals surface area contributed by atoms with E-state index >= 15 is 0 Å². The normalized spacial score (nSPS) is 17.0. The topological polar surface area (TPSA) is 74.8 Å². The zero-order valence-electron chi connectivity index (χ0n) is 16.2. The van der Waals surface area contributed by atoms with Crippen LogP contribution in [-0.4, -0.2) is 44.7 Å². The molecule has 0 spiro atoms. The Balaban J connectivity index is 1.85. The Bertz CT molecular complexity index is 601. The Morgan fingerprint density at radius 2 is 2.12 bits per heavy atom. The van der Waals surface area contributed by atoms with Crippen molar-refractivity contribution in [1.82, 2.24) is 10.6 Å².